The summed E-state index contributed by atoms with van der Waals surface area (Å²) >= 11 is 0. The van der Waals surface area contributed by atoms with E-state index in [1.807, 2.05) is 0 Å². The van der Waals surface area contributed by atoms with Crippen LogP contribution in [0.4, 0.5) is 0 Å². The van der Waals surface area contributed by atoms with Crippen LogP contribution in [0.1, 0.15) is 90.4 Å². The second-order valence-corrected chi connectivity index (χ2v) is 10.1. The van der Waals surface area contributed by atoms with Gasteiger partial charge in [-0.25, -0.2) is 0 Å². The maximum atomic E-state index is 12.1. The molecule has 4 amide bonds. The Morgan fingerprint density at radius 2 is 1.39 bits per heavy atom. The minimum Gasteiger partial charge on any atom is -0.469 e. The molecule has 41 heavy (non-hydrogen) atoms. The lowest BCUT2D eigenvalue weighted by Gasteiger charge is -2.17. The van der Waals surface area contributed by atoms with Crippen LogP contribution in [0, 0.1) is 0 Å². The number of hydrogen-bond donors (Lipinski definition) is 7. The lowest BCUT2D eigenvalue weighted by Crippen LogP contribution is -2.46. The molecule has 0 saturated carbocycles. The molecule has 13 nitrogen and oxygen atoms in total. The third-order valence-corrected chi connectivity index (χ3v) is 6.44. The van der Waals surface area contributed by atoms with E-state index in [1.165, 1.54) is 39.2 Å². The highest BCUT2D eigenvalue weighted by atomic mass is 16.5. The van der Waals surface area contributed by atoms with Crippen LogP contribution in [0.5, 0.6) is 0 Å². The Bertz CT molecular complexity index is 753. The standard InChI is InChI=1S/C28H54N6O7/c1-3-4-5-6-7-8-9-11-24(36)32-19-18-30-16-15-23(29)28(40)33-20-26(38)31-17-14-22(21-35)34-25(37)12-10-13-27(39)41-2/h22-23,30,35H,3-21,29H2,1-2H3,(H,31,38)(H,32,36)(H,33,40)(H,34,37)/t22-,23?/m1/s1. The molecule has 0 aromatic heterocycles. The number of ether oxygens (including phenoxy) is 1. The first-order valence-corrected chi connectivity index (χ1v) is 15.0. The normalized spacial score (nSPS) is 12.2. The first-order chi connectivity index (χ1) is 19.7. The van der Waals surface area contributed by atoms with E-state index in [1.54, 1.807) is 0 Å². The highest BCUT2D eigenvalue weighted by molar-refractivity contribution is 5.87. The number of nitrogens with one attached hydrogen (secondary N) is 5. The van der Waals surface area contributed by atoms with Gasteiger partial charge in [-0.2, -0.15) is 0 Å². The molecule has 0 radical (unpaired) electrons. The summed E-state index contributed by atoms with van der Waals surface area (Å²) in [6.45, 7) is 3.41. The number of rotatable bonds is 26. The van der Waals surface area contributed by atoms with Crippen LogP contribution < -0.4 is 32.3 Å². The van der Waals surface area contributed by atoms with Gasteiger partial charge in [0.25, 0.3) is 0 Å². The van der Waals surface area contributed by atoms with E-state index in [0.29, 0.717) is 45.3 Å². The predicted octanol–water partition coefficient (Wildman–Crippen LogP) is -0.00680. The van der Waals surface area contributed by atoms with Gasteiger partial charge in [-0.05, 0) is 32.2 Å². The topological polar surface area (TPSA) is 201 Å². The summed E-state index contributed by atoms with van der Waals surface area (Å²) < 4.78 is 4.52. The minimum atomic E-state index is -0.782. The van der Waals surface area contributed by atoms with Crippen molar-refractivity contribution in [2.75, 3.05) is 46.4 Å². The molecule has 0 aliphatic carbocycles. The van der Waals surface area contributed by atoms with E-state index in [-0.39, 0.29) is 44.4 Å². The molecule has 0 aliphatic rings. The average molecular weight is 587 g/mol. The summed E-state index contributed by atoms with van der Waals surface area (Å²) in [5, 5.41) is 23.2. The summed E-state index contributed by atoms with van der Waals surface area (Å²) in [6, 6.07) is -1.33. The Balaban J connectivity index is 3.83. The van der Waals surface area contributed by atoms with Gasteiger partial charge in [0.1, 0.15) is 0 Å². The van der Waals surface area contributed by atoms with Crippen molar-refractivity contribution < 1.29 is 33.8 Å². The van der Waals surface area contributed by atoms with E-state index in [4.69, 9.17) is 5.73 Å². The van der Waals surface area contributed by atoms with E-state index in [9.17, 15) is 29.1 Å². The van der Waals surface area contributed by atoms with Crippen molar-refractivity contribution in [2.45, 2.75) is 102 Å². The Morgan fingerprint density at radius 1 is 0.732 bits per heavy atom. The largest absolute Gasteiger partial charge is 0.469 e. The van der Waals surface area contributed by atoms with Gasteiger partial charge in [0, 0.05) is 38.9 Å². The van der Waals surface area contributed by atoms with Gasteiger partial charge in [-0.3, -0.25) is 24.0 Å². The average Bonchev–Trinajstić information content (AvgIpc) is 2.96. The fraction of sp³-hybridized carbons (Fsp3) is 0.821. The molecule has 0 heterocycles. The van der Waals surface area contributed by atoms with Gasteiger partial charge in [0.2, 0.25) is 23.6 Å². The smallest absolute Gasteiger partial charge is 0.305 e. The van der Waals surface area contributed by atoms with Gasteiger partial charge in [-0.1, -0.05) is 45.4 Å². The molecular formula is C28H54N6O7. The molecule has 0 rings (SSSR count). The summed E-state index contributed by atoms with van der Waals surface area (Å²) in [5.74, 6) is -1.51. The molecule has 238 valence electrons. The summed E-state index contributed by atoms with van der Waals surface area (Å²) in [7, 11) is 1.28. The third kappa shape index (κ3) is 23.6. The van der Waals surface area contributed by atoms with Crippen molar-refractivity contribution in [1.29, 1.82) is 0 Å². The van der Waals surface area contributed by atoms with Crippen LogP contribution in [-0.2, 0) is 28.7 Å². The maximum Gasteiger partial charge on any atom is 0.305 e. The van der Waals surface area contributed by atoms with Crippen molar-refractivity contribution >= 4 is 29.6 Å². The molecule has 13 heteroatoms. The quantitative estimate of drug-likeness (QED) is 0.0538. The van der Waals surface area contributed by atoms with Crippen LogP contribution in [0.2, 0.25) is 0 Å². The van der Waals surface area contributed by atoms with Crippen molar-refractivity contribution in [1.82, 2.24) is 26.6 Å². The monoisotopic (exact) mass is 586 g/mol. The van der Waals surface area contributed by atoms with E-state index in [0.717, 1.165) is 12.8 Å². The van der Waals surface area contributed by atoms with Crippen LogP contribution in [0.3, 0.4) is 0 Å². The van der Waals surface area contributed by atoms with Crippen LogP contribution >= 0.6 is 0 Å². The number of carbonyl (C=O) groups excluding carboxylic acids is 5. The van der Waals surface area contributed by atoms with Crippen molar-refractivity contribution in [3.8, 4) is 0 Å². The number of hydrogen-bond acceptors (Lipinski definition) is 9. The second kappa shape index (κ2) is 26.1. The molecule has 0 aliphatic heterocycles. The van der Waals surface area contributed by atoms with Gasteiger partial charge in [0.05, 0.1) is 32.3 Å². The van der Waals surface area contributed by atoms with Gasteiger partial charge < -0.3 is 42.2 Å². The number of methoxy groups -OCH3 is 1. The van der Waals surface area contributed by atoms with Gasteiger partial charge in [0.15, 0.2) is 0 Å². The lowest BCUT2D eigenvalue weighted by molar-refractivity contribution is -0.140. The highest BCUT2D eigenvalue weighted by Crippen LogP contribution is 2.08. The van der Waals surface area contributed by atoms with E-state index in [2.05, 4.69) is 38.2 Å². The zero-order valence-electron chi connectivity index (χ0n) is 25.1. The number of esters is 1. The zero-order valence-corrected chi connectivity index (χ0v) is 25.1. The summed E-state index contributed by atoms with van der Waals surface area (Å²) in [4.78, 5) is 59.0. The van der Waals surface area contributed by atoms with Crippen LogP contribution in [0.15, 0.2) is 0 Å². The van der Waals surface area contributed by atoms with Crippen molar-refractivity contribution in [3.05, 3.63) is 0 Å². The molecule has 0 bridgehead atoms. The van der Waals surface area contributed by atoms with Gasteiger partial charge >= 0.3 is 5.97 Å². The fourth-order valence-electron chi connectivity index (χ4n) is 3.89. The molecule has 0 spiro atoms. The Morgan fingerprint density at radius 3 is 2.07 bits per heavy atom. The number of nitrogens with two attached hydrogens (primary N) is 1. The third-order valence-electron chi connectivity index (χ3n) is 6.44. The maximum absolute atomic E-state index is 12.1. The molecule has 0 fully saturated rings. The predicted molar refractivity (Wildman–Crippen MR) is 157 cm³/mol. The van der Waals surface area contributed by atoms with Crippen LogP contribution in [0.25, 0.3) is 0 Å². The Hall–Kier alpha value is -2.77. The van der Waals surface area contributed by atoms with Crippen molar-refractivity contribution in [2.24, 2.45) is 5.73 Å². The van der Waals surface area contributed by atoms with E-state index < -0.39 is 29.9 Å². The Labute approximate surface area is 244 Å². The fourth-order valence-corrected chi connectivity index (χ4v) is 3.89. The molecule has 1 unspecified atom stereocenters. The Kier molecular flexibility index (Phi) is 24.4. The summed E-state index contributed by atoms with van der Waals surface area (Å²) in [6.07, 6.45) is 10.0. The first-order valence-electron chi connectivity index (χ1n) is 15.0. The first kappa shape index (κ1) is 38.2. The van der Waals surface area contributed by atoms with Crippen LogP contribution in [-0.4, -0.2) is 93.2 Å². The number of aliphatic hydroxyl groups excluding tert-OH is 1. The number of aliphatic hydroxyl groups is 1. The molecule has 0 saturated heterocycles. The molecular weight excluding hydrogens is 532 g/mol. The minimum absolute atomic E-state index is 0.0545. The molecule has 2 atom stereocenters. The second-order valence-electron chi connectivity index (χ2n) is 10.1. The lowest BCUT2D eigenvalue weighted by atomic mass is 10.1. The zero-order chi connectivity index (χ0) is 30.7. The van der Waals surface area contributed by atoms with E-state index >= 15 is 0 Å². The number of unbranched alkanes of at least 4 members (excludes halogenated alkanes) is 6. The number of carbonyl (C=O) groups is 5. The summed E-state index contributed by atoms with van der Waals surface area (Å²) in [5.41, 5.74) is 5.89. The highest BCUT2D eigenvalue weighted by Gasteiger charge is 2.15. The molecule has 8 N–H and O–H groups in total. The number of amides is 4. The molecule has 0 aromatic carbocycles. The SMILES string of the molecule is CCCCCCCCCC(=O)NCCNCCC(N)C(=O)NCC(=O)NCC[C@H](CO)NC(=O)CCCC(=O)OC. The van der Waals surface area contributed by atoms with Gasteiger partial charge in [-0.15, -0.1) is 0 Å². The molecule has 0 aromatic rings. The van der Waals surface area contributed by atoms with Crippen molar-refractivity contribution in [3.63, 3.8) is 0 Å².